The Morgan fingerprint density at radius 1 is 1.02 bits per heavy atom. The summed E-state index contributed by atoms with van der Waals surface area (Å²) in [5, 5.41) is 0. The molecule has 2 saturated carbocycles. The highest BCUT2D eigenvalue weighted by molar-refractivity contribution is 5.76. The number of aryl methyl sites for hydroxylation is 2. The molecule has 1 heterocycles. The summed E-state index contributed by atoms with van der Waals surface area (Å²) in [6.45, 7) is 7.00. The quantitative estimate of drug-likeness (QED) is 0.295. The Morgan fingerprint density at radius 2 is 1.88 bits per heavy atom. The maximum Gasteiger partial charge on any atom is 0.309 e. The standard InChI is InChI=1S/C35H40FNO3/c1-22-17-28(32(36)20-37-22)26-12-9-23(18-27(26)29-8-6-14-34(29,2)3)21-40-25-11-10-24-7-5-15-35(31(24)19-25)16-13-30(35)33(38)39-4/h9-12,17-20,29-30H,5-8,13-16,21H2,1-4H3/t29-,30+,35-/m0/s1. The van der Waals surface area contributed by atoms with E-state index in [4.69, 9.17) is 9.47 Å². The molecule has 0 saturated heterocycles. The van der Waals surface area contributed by atoms with Crippen molar-refractivity contribution in [3.05, 3.63) is 82.4 Å². The van der Waals surface area contributed by atoms with Gasteiger partial charge in [-0.1, -0.05) is 44.5 Å². The fourth-order valence-corrected chi connectivity index (χ4v) is 7.86. The lowest BCUT2D eigenvalue weighted by Crippen LogP contribution is -2.50. The van der Waals surface area contributed by atoms with Gasteiger partial charge in [0, 0.05) is 16.7 Å². The number of methoxy groups -OCH3 is 1. The van der Waals surface area contributed by atoms with Crippen LogP contribution in [0.3, 0.4) is 0 Å². The number of pyridine rings is 1. The van der Waals surface area contributed by atoms with Gasteiger partial charge in [-0.2, -0.15) is 0 Å². The molecule has 1 spiro atoms. The first-order valence-electron chi connectivity index (χ1n) is 14.8. The van der Waals surface area contributed by atoms with E-state index in [1.165, 1.54) is 42.8 Å². The number of esters is 1. The van der Waals surface area contributed by atoms with E-state index in [0.717, 1.165) is 61.1 Å². The predicted molar refractivity (Wildman–Crippen MR) is 155 cm³/mol. The van der Waals surface area contributed by atoms with Gasteiger partial charge in [-0.15, -0.1) is 0 Å². The van der Waals surface area contributed by atoms with Gasteiger partial charge in [0.25, 0.3) is 0 Å². The highest BCUT2D eigenvalue weighted by atomic mass is 19.1. The molecule has 0 aliphatic heterocycles. The molecule has 1 aromatic heterocycles. The molecule has 3 atom stereocenters. The summed E-state index contributed by atoms with van der Waals surface area (Å²) in [5.74, 6) is 0.754. The van der Waals surface area contributed by atoms with Crippen LogP contribution in [0.4, 0.5) is 4.39 Å². The molecule has 2 aromatic carbocycles. The molecule has 3 aliphatic rings. The first-order chi connectivity index (χ1) is 19.2. The number of rotatable bonds is 6. The van der Waals surface area contributed by atoms with Crippen molar-refractivity contribution in [3.63, 3.8) is 0 Å². The molecule has 0 amide bonds. The molecular weight excluding hydrogens is 501 g/mol. The normalized spacial score (nSPS) is 24.8. The molecule has 0 radical (unpaired) electrons. The number of aromatic nitrogens is 1. The molecular formula is C35H40FNO3. The minimum Gasteiger partial charge on any atom is -0.489 e. The molecule has 6 rings (SSSR count). The van der Waals surface area contributed by atoms with Crippen molar-refractivity contribution in [1.29, 1.82) is 0 Å². The van der Waals surface area contributed by atoms with Gasteiger partial charge in [0.15, 0.2) is 0 Å². The summed E-state index contributed by atoms with van der Waals surface area (Å²) in [6, 6.07) is 14.6. The van der Waals surface area contributed by atoms with Crippen molar-refractivity contribution in [2.75, 3.05) is 7.11 Å². The summed E-state index contributed by atoms with van der Waals surface area (Å²) < 4.78 is 26.6. The lowest BCUT2D eigenvalue weighted by molar-refractivity contribution is -0.153. The molecule has 4 nitrogen and oxygen atoms in total. The van der Waals surface area contributed by atoms with Crippen LogP contribution in [-0.4, -0.2) is 18.1 Å². The summed E-state index contributed by atoms with van der Waals surface area (Å²) >= 11 is 0. The molecule has 3 aromatic rings. The number of hydrogen-bond acceptors (Lipinski definition) is 4. The minimum atomic E-state index is -0.282. The van der Waals surface area contributed by atoms with Crippen molar-refractivity contribution in [3.8, 4) is 16.9 Å². The van der Waals surface area contributed by atoms with Crippen molar-refractivity contribution in [1.82, 2.24) is 4.98 Å². The Bertz CT molecular complexity index is 1450. The van der Waals surface area contributed by atoms with Crippen LogP contribution in [0, 0.1) is 24.1 Å². The van der Waals surface area contributed by atoms with Crippen LogP contribution in [0.15, 0.2) is 48.7 Å². The Labute approximate surface area is 237 Å². The molecule has 0 N–H and O–H groups in total. The van der Waals surface area contributed by atoms with Crippen molar-refractivity contribution < 1.29 is 18.7 Å². The lowest BCUT2D eigenvalue weighted by atomic mass is 9.52. The molecule has 0 unspecified atom stereocenters. The van der Waals surface area contributed by atoms with Gasteiger partial charge in [-0.05, 0) is 109 Å². The highest BCUT2D eigenvalue weighted by Gasteiger charge is 2.53. The summed E-state index contributed by atoms with van der Waals surface area (Å²) in [4.78, 5) is 16.7. The minimum absolute atomic E-state index is 0.0612. The van der Waals surface area contributed by atoms with Crippen LogP contribution in [0.2, 0.25) is 0 Å². The lowest BCUT2D eigenvalue weighted by Gasteiger charge is -2.51. The van der Waals surface area contributed by atoms with E-state index in [1.54, 1.807) is 0 Å². The number of nitrogens with zero attached hydrogens (tertiary/aromatic N) is 1. The van der Waals surface area contributed by atoms with Crippen LogP contribution >= 0.6 is 0 Å². The topological polar surface area (TPSA) is 48.4 Å². The van der Waals surface area contributed by atoms with Crippen LogP contribution in [-0.2, 0) is 28.0 Å². The fraction of sp³-hybridized carbons (Fsp3) is 0.486. The Kier molecular flexibility index (Phi) is 6.96. The van der Waals surface area contributed by atoms with E-state index < -0.39 is 0 Å². The fourth-order valence-electron chi connectivity index (χ4n) is 7.86. The molecule has 5 heteroatoms. The highest BCUT2D eigenvalue weighted by Crippen LogP contribution is 2.56. The second kappa shape index (κ2) is 10.3. The third-order valence-corrected chi connectivity index (χ3v) is 10.2. The third-order valence-electron chi connectivity index (χ3n) is 10.2. The summed E-state index contributed by atoms with van der Waals surface area (Å²) in [6.07, 6.45) is 9.86. The number of carbonyl (C=O) groups is 1. The zero-order valence-corrected chi connectivity index (χ0v) is 24.2. The molecule has 0 bridgehead atoms. The van der Waals surface area contributed by atoms with E-state index in [-0.39, 0.29) is 28.5 Å². The zero-order valence-electron chi connectivity index (χ0n) is 24.2. The second-order valence-electron chi connectivity index (χ2n) is 12.9. The van der Waals surface area contributed by atoms with Crippen molar-refractivity contribution in [2.24, 2.45) is 11.3 Å². The Balaban J connectivity index is 1.30. The largest absolute Gasteiger partial charge is 0.489 e. The second-order valence-corrected chi connectivity index (χ2v) is 12.9. The SMILES string of the molecule is COC(=O)[C@H]1CC[C@@]12CCCc1ccc(OCc3ccc(-c4cc(C)ncc4F)c([C@@H]4CCCC4(C)C)c3)cc12. The van der Waals surface area contributed by atoms with E-state index >= 15 is 4.39 Å². The Morgan fingerprint density at radius 3 is 2.60 bits per heavy atom. The summed E-state index contributed by atoms with van der Waals surface area (Å²) in [5.41, 5.74) is 7.31. The number of halogens is 1. The number of benzene rings is 2. The molecule has 40 heavy (non-hydrogen) atoms. The first kappa shape index (κ1) is 27.0. The van der Waals surface area contributed by atoms with Gasteiger partial charge in [-0.25, -0.2) is 4.39 Å². The van der Waals surface area contributed by atoms with E-state index in [2.05, 4.69) is 55.2 Å². The van der Waals surface area contributed by atoms with E-state index in [1.807, 2.05) is 13.0 Å². The monoisotopic (exact) mass is 541 g/mol. The molecule has 210 valence electrons. The van der Waals surface area contributed by atoms with Crippen molar-refractivity contribution in [2.45, 2.75) is 90.1 Å². The number of fused-ring (bicyclic) bond motifs is 2. The molecule has 3 aliphatic carbocycles. The summed E-state index contributed by atoms with van der Waals surface area (Å²) in [7, 11) is 1.49. The predicted octanol–water partition coefficient (Wildman–Crippen LogP) is 8.23. The van der Waals surface area contributed by atoms with Gasteiger partial charge in [0.05, 0.1) is 19.2 Å². The maximum absolute atomic E-state index is 15.0. The molecule has 2 fully saturated rings. The van der Waals surface area contributed by atoms with E-state index in [0.29, 0.717) is 18.1 Å². The maximum atomic E-state index is 15.0. The van der Waals surface area contributed by atoms with Crippen LogP contribution in [0.25, 0.3) is 11.1 Å². The average Bonchev–Trinajstić information content (AvgIpc) is 3.30. The van der Waals surface area contributed by atoms with Crippen LogP contribution in [0.1, 0.15) is 92.7 Å². The van der Waals surface area contributed by atoms with E-state index in [9.17, 15) is 4.79 Å². The van der Waals surface area contributed by atoms with Gasteiger partial charge in [-0.3, -0.25) is 9.78 Å². The van der Waals surface area contributed by atoms with Crippen LogP contribution < -0.4 is 4.74 Å². The average molecular weight is 542 g/mol. The number of carbonyl (C=O) groups excluding carboxylic acids is 1. The Hall–Kier alpha value is -3.21. The number of hydrogen-bond donors (Lipinski definition) is 0. The van der Waals surface area contributed by atoms with Crippen molar-refractivity contribution >= 4 is 5.97 Å². The number of ether oxygens (including phenoxy) is 2. The van der Waals surface area contributed by atoms with Gasteiger partial charge in [0.2, 0.25) is 0 Å². The van der Waals surface area contributed by atoms with Gasteiger partial charge >= 0.3 is 5.97 Å². The van der Waals surface area contributed by atoms with Crippen LogP contribution in [0.5, 0.6) is 5.75 Å². The van der Waals surface area contributed by atoms with Gasteiger partial charge < -0.3 is 9.47 Å². The third kappa shape index (κ3) is 4.61. The smallest absolute Gasteiger partial charge is 0.309 e. The van der Waals surface area contributed by atoms with Gasteiger partial charge in [0.1, 0.15) is 18.2 Å². The zero-order chi connectivity index (χ0) is 28.1. The first-order valence-corrected chi connectivity index (χ1v) is 14.8.